The van der Waals surface area contributed by atoms with Gasteiger partial charge in [-0.1, -0.05) is 53.2 Å². The fourth-order valence-electron chi connectivity index (χ4n) is 2.11. The van der Waals surface area contributed by atoms with Crippen LogP contribution in [0.25, 0.3) is 11.5 Å². The number of thioether (sulfide) groups is 1. The zero-order chi connectivity index (χ0) is 16.9. The van der Waals surface area contributed by atoms with Gasteiger partial charge in [-0.15, -0.1) is 10.2 Å². The molecule has 0 aliphatic heterocycles. The molecule has 0 N–H and O–H groups in total. The lowest BCUT2D eigenvalue weighted by Gasteiger charge is -2.06. The average molecular weight is 381 g/mol. The molecule has 0 saturated carbocycles. The highest BCUT2D eigenvalue weighted by atomic mass is 35.5. The molecule has 3 rings (SSSR count). The van der Waals surface area contributed by atoms with Crippen LogP contribution in [-0.2, 0) is 5.75 Å². The van der Waals surface area contributed by atoms with Crippen molar-refractivity contribution in [1.82, 2.24) is 10.2 Å². The van der Waals surface area contributed by atoms with Gasteiger partial charge in [0.25, 0.3) is 11.1 Å². The van der Waals surface area contributed by atoms with Crippen molar-refractivity contribution in [2.75, 3.05) is 6.61 Å². The first-order valence-corrected chi connectivity index (χ1v) is 9.04. The summed E-state index contributed by atoms with van der Waals surface area (Å²) in [5, 5.41) is 9.87. The lowest BCUT2D eigenvalue weighted by molar-refractivity contribution is 0.340. The summed E-state index contributed by atoms with van der Waals surface area (Å²) in [6.45, 7) is 2.50. The zero-order valence-corrected chi connectivity index (χ0v) is 15.2. The highest BCUT2D eigenvalue weighted by Gasteiger charge is 2.14. The summed E-state index contributed by atoms with van der Waals surface area (Å²) in [5.41, 5.74) is 1.62. The minimum atomic E-state index is 0.423. The van der Waals surface area contributed by atoms with Crippen molar-refractivity contribution < 1.29 is 9.15 Å². The average Bonchev–Trinajstić information content (AvgIpc) is 3.04. The molecule has 0 bridgehead atoms. The Bertz CT molecular complexity index is 819. The quantitative estimate of drug-likeness (QED) is 0.510. The van der Waals surface area contributed by atoms with Gasteiger partial charge in [0, 0.05) is 15.8 Å². The van der Waals surface area contributed by atoms with E-state index in [0.29, 0.717) is 39.3 Å². The Hall–Kier alpha value is -1.69. The number of rotatable bonds is 6. The third-order valence-electron chi connectivity index (χ3n) is 3.23. The Balaban J connectivity index is 1.77. The molecule has 0 aliphatic carbocycles. The number of hydrogen-bond acceptors (Lipinski definition) is 5. The predicted molar refractivity (Wildman–Crippen MR) is 96.9 cm³/mol. The highest BCUT2D eigenvalue weighted by molar-refractivity contribution is 7.98. The molecule has 0 amide bonds. The van der Waals surface area contributed by atoms with Gasteiger partial charge in [-0.25, -0.2) is 0 Å². The largest absolute Gasteiger partial charge is 0.493 e. The van der Waals surface area contributed by atoms with Gasteiger partial charge < -0.3 is 9.15 Å². The molecule has 1 heterocycles. The van der Waals surface area contributed by atoms with Crippen LogP contribution in [0.2, 0.25) is 10.0 Å². The van der Waals surface area contributed by atoms with E-state index in [9.17, 15) is 0 Å². The third kappa shape index (κ3) is 3.86. The second-order valence-corrected chi connectivity index (χ2v) is 6.53. The van der Waals surface area contributed by atoms with Crippen molar-refractivity contribution in [3.63, 3.8) is 0 Å². The van der Waals surface area contributed by atoms with Gasteiger partial charge in [-0.05, 0) is 36.8 Å². The molecule has 0 atom stereocenters. The summed E-state index contributed by atoms with van der Waals surface area (Å²) in [6.07, 6.45) is 0. The van der Waals surface area contributed by atoms with Crippen LogP contribution in [0.3, 0.4) is 0 Å². The predicted octanol–water partition coefficient (Wildman–Crippen LogP) is 5.73. The molecule has 0 saturated heterocycles. The first-order chi connectivity index (χ1) is 11.7. The molecule has 124 valence electrons. The summed E-state index contributed by atoms with van der Waals surface area (Å²) in [6, 6.07) is 13.0. The molecular weight excluding hydrogens is 367 g/mol. The van der Waals surface area contributed by atoms with E-state index in [1.807, 2.05) is 37.3 Å². The van der Waals surface area contributed by atoms with E-state index >= 15 is 0 Å². The van der Waals surface area contributed by atoms with E-state index < -0.39 is 0 Å². The molecule has 0 aliphatic rings. The van der Waals surface area contributed by atoms with Crippen LogP contribution in [0.15, 0.2) is 52.1 Å². The van der Waals surface area contributed by atoms with Gasteiger partial charge >= 0.3 is 0 Å². The smallest absolute Gasteiger partial charge is 0.277 e. The zero-order valence-electron chi connectivity index (χ0n) is 12.8. The molecule has 0 spiro atoms. The summed E-state index contributed by atoms with van der Waals surface area (Å²) in [4.78, 5) is 0. The van der Waals surface area contributed by atoms with Crippen LogP contribution in [0.1, 0.15) is 12.5 Å². The maximum absolute atomic E-state index is 6.17. The second kappa shape index (κ2) is 7.92. The van der Waals surface area contributed by atoms with Gasteiger partial charge in [-0.3, -0.25) is 0 Å². The number of hydrogen-bond donors (Lipinski definition) is 0. The first-order valence-electron chi connectivity index (χ1n) is 7.30. The molecule has 7 heteroatoms. The van der Waals surface area contributed by atoms with Crippen LogP contribution in [0, 0.1) is 0 Å². The SMILES string of the molecule is CCOc1ccccc1-c1nnc(SCc2c(Cl)cccc2Cl)o1. The Labute approximate surface area is 154 Å². The standard InChI is InChI=1S/C17H14Cl2N2O2S/c1-2-22-15-9-4-3-6-11(15)16-20-21-17(23-16)24-10-12-13(18)7-5-8-14(12)19/h3-9H,2,10H2,1H3. The normalized spacial score (nSPS) is 10.8. The van der Waals surface area contributed by atoms with E-state index in [1.165, 1.54) is 11.8 Å². The first kappa shape index (κ1) is 17.1. The minimum Gasteiger partial charge on any atom is -0.493 e. The van der Waals surface area contributed by atoms with Crippen molar-refractivity contribution in [2.24, 2.45) is 0 Å². The van der Waals surface area contributed by atoms with E-state index in [0.717, 1.165) is 11.1 Å². The van der Waals surface area contributed by atoms with Gasteiger partial charge in [0.15, 0.2) is 0 Å². The van der Waals surface area contributed by atoms with Crippen molar-refractivity contribution in [3.05, 3.63) is 58.1 Å². The second-order valence-electron chi connectivity index (χ2n) is 4.79. The van der Waals surface area contributed by atoms with Crippen LogP contribution in [-0.4, -0.2) is 16.8 Å². The maximum Gasteiger partial charge on any atom is 0.277 e. The molecule has 0 unspecified atom stereocenters. The van der Waals surface area contributed by atoms with Gasteiger partial charge in [0.1, 0.15) is 5.75 Å². The monoisotopic (exact) mass is 380 g/mol. The van der Waals surface area contributed by atoms with Crippen molar-refractivity contribution >= 4 is 35.0 Å². The number of para-hydroxylation sites is 1. The molecule has 1 aromatic heterocycles. The third-order valence-corrected chi connectivity index (χ3v) is 4.78. The summed E-state index contributed by atoms with van der Waals surface area (Å²) in [7, 11) is 0. The van der Waals surface area contributed by atoms with E-state index in [4.69, 9.17) is 32.4 Å². The number of nitrogens with zero attached hydrogens (tertiary/aromatic N) is 2. The molecular formula is C17H14Cl2N2O2S. The Kier molecular flexibility index (Phi) is 5.66. The summed E-state index contributed by atoms with van der Waals surface area (Å²) >= 11 is 13.7. The van der Waals surface area contributed by atoms with Crippen LogP contribution >= 0.6 is 35.0 Å². The number of aromatic nitrogens is 2. The number of benzene rings is 2. The Morgan fingerprint density at radius 2 is 1.79 bits per heavy atom. The Morgan fingerprint density at radius 3 is 2.54 bits per heavy atom. The highest BCUT2D eigenvalue weighted by Crippen LogP contribution is 2.34. The maximum atomic E-state index is 6.17. The molecule has 3 aromatic rings. The van der Waals surface area contributed by atoms with E-state index in [2.05, 4.69) is 10.2 Å². The lowest BCUT2D eigenvalue weighted by Crippen LogP contribution is -1.93. The van der Waals surface area contributed by atoms with Crippen molar-refractivity contribution in [3.8, 4) is 17.2 Å². The minimum absolute atomic E-state index is 0.423. The van der Waals surface area contributed by atoms with Gasteiger partial charge in [0.05, 0.1) is 12.2 Å². The van der Waals surface area contributed by atoms with Gasteiger partial charge in [-0.2, -0.15) is 0 Å². The lowest BCUT2D eigenvalue weighted by atomic mass is 10.2. The Morgan fingerprint density at radius 1 is 1.04 bits per heavy atom. The number of halogens is 2. The van der Waals surface area contributed by atoms with E-state index in [1.54, 1.807) is 12.1 Å². The van der Waals surface area contributed by atoms with E-state index in [-0.39, 0.29) is 0 Å². The van der Waals surface area contributed by atoms with Crippen LogP contribution in [0.4, 0.5) is 0 Å². The fraction of sp³-hybridized carbons (Fsp3) is 0.176. The van der Waals surface area contributed by atoms with Crippen LogP contribution < -0.4 is 4.74 Å². The number of ether oxygens (including phenoxy) is 1. The summed E-state index contributed by atoms with van der Waals surface area (Å²) < 4.78 is 11.3. The molecule has 4 nitrogen and oxygen atoms in total. The topological polar surface area (TPSA) is 48.2 Å². The molecule has 24 heavy (non-hydrogen) atoms. The van der Waals surface area contributed by atoms with Crippen molar-refractivity contribution in [2.45, 2.75) is 17.9 Å². The van der Waals surface area contributed by atoms with Crippen LogP contribution in [0.5, 0.6) is 5.75 Å². The molecule has 0 fully saturated rings. The van der Waals surface area contributed by atoms with Crippen molar-refractivity contribution in [1.29, 1.82) is 0 Å². The molecule has 0 radical (unpaired) electrons. The summed E-state index contributed by atoms with van der Waals surface area (Å²) in [5.74, 6) is 1.69. The van der Waals surface area contributed by atoms with Gasteiger partial charge in [0.2, 0.25) is 0 Å². The molecule has 2 aromatic carbocycles. The fourth-order valence-corrected chi connectivity index (χ4v) is 3.61.